The van der Waals surface area contributed by atoms with Gasteiger partial charge in [-0.05, 0) is 0 Å². The molecular weight excluding hydrogens is 476 g/mol. The van der Waals surface area contributed by atoms with Crippen LogP contribution in [0.15, 0.2) is 22.2 Å². The zero-order valence-corrected chi connectivity index (χ0v) is 18.4. The molecule has 18 heteroatoms. The van der Waals surface area contributed by atoms with Crippen LogP contribution in [0.1, 0.15) is 21.0 Å². The SMILES string of the molecule is NC(=O)c1ncn2c(=O)n(CCSCSCCn3nnc4c(C(N)=O)ncn4c3=O)nnc12. The van der Waals surface area contributed by atoms with Crippen LogP contribution in [0.2, 0.25) is 0 Å². The van der Waals surface area contributed by atoms with Gasteiger partial charge < -0.3 is 11.5 Å². The number of hydrogen-bond donors (Lipinski definition) is 2. The maximum atomic E-state index is 12.4. The summed E-state index contributed by atoms with van der Waals surface area (Å²) < 4.78 is 4.59. The lowest BCUT2D eigenvalue weighted by Crippen LogP contribution is -2.31. The Labute approximate surface area is 191 Å². The predicted octanol–water partition coefficient (Wildman–Crippen LogP) is -2.79. The first-order valence-electron chi connectivity index (χ1n) is 9.25. The Morgan fingerprint density at radius 1 is 0.788 bits per heavy atom. The summed E-state index contributed by atoms with van der Waals surface area (Å²) in [5, 5.41) is 16.0. The van der Waals surface area contributed by atoms with E-state index in [9.17, 15) is 19.2 Å². The largest absolute Gasteiger partial charge is 0.364 e. The fourth-order valence-corrected chi connectivity index (χ4v) is 4.80. The number of amides is 2. The maximum Gasteiger partial charge on any atom is 0.352 e. The van der Waals surface area contributed by atoms with Crippen molar-refractivity contribution in [3.8, 4) is 0 Å². The lowest BCUT2D eigenvalue weighted by atomic mass is 10.4. The highest BCUT2D eigenvalue weighted by Gasteiger charge is 2.16. The second-order valence-corrected chi connectivity index (χ2v) is 9.00. The van der Waals surface area contributed by atoms with Crippen LogP contribution >= 0.6 is 23.5 Å². The molecule has 0 aromatic carbocycles. The molecule has 4 N–H and O–H groups in total. The molecule has 4 aromatic rings. The Bertz CT molecular complexity index is 1360. The molecule has 0 saturated carbocycles. The molecule has 4 aromatic heterocycles. The molecule has 0 unspecified atom stereocenters. The van der Waals surface area contributed by atoms with Gasteiger partial charge in [-0.1, -0.05) is 10.4 Å². The Morgan fingerprint density at radius 2 is 1.21 bits per heavy atom. The fraction of sp³-hybridized carbons (Fsp3) is 0.333. The summed E-state index contributed by atoms with van der Waals surface area (Å²) in [6.07, 6.45) is 2.37. The molecular formula is C15H16N12O4S2. The molecule has 0 aliphatic carbocycles. The molecule has 16 nitrogen and oxygen atoms in total. The van der Waals surface area contributed by atoms with Gasteiger partial charge in [0.05, 0.1) is 13.1 Å². The van der Waals surface area contributed by atoms with Gasteiger partial charge in [-0.3, -0.25) is 9.59 Å². The molecule has 172 valence electrons. The molecule has 0 radical (unpaired) electrons. The molecule has 0 spiro atoms. The quantitative estimate of drug-likeness (QED) is 0.170. The number of primary amides is 2. The van der Waals surface area contributed by atoms with Crippen molar-refractivity contribution in [1.29, 1.82) is 0 Å². The summed E-state index contributed by atoms with van der Waals surface area (Å²) in [5.41, 5.74) is 9.25. The minimum absolute atomic E-state index is 0.0185. The molecule has 2 amide bonds. The van der Waals surface area contributed by atoms with Gasteiger partial charge >= 0.3 is 11.4 Å². The van der Waals surface area contributed by atoms with Crippen LogP contribution in [0.25, 0.3) is 11.3 Å². The van der Waals surface area contributed by atoms with E-state index in [0.717, 1.165) is 8.80 Å². The van der Waals surface area contributed by atoms with E-state index in [1.54, 1.807) is 23.5 Å². The van der Waals surface area contributed by atoms with E-state index in [2.05, 4.69) is 30.6 Å². The summed E-state index contributed by atoms with van der Waals surface area (Å²) in [4.78, 5) is 54.9. The number of nitrogens with two attached hydrogens (primary N) is 2. The van der Waals surface area contributed by atoms with Gasteiger partial charge in [0.25, 0.3) is 11.8 Å². The average molecular weight is 493 g/mol. The number of carbonyl (C=O) groups is 2. The van der Waals surface area contributed by atoms with Crippen molar-refractivity contribution in [1.82, 2.24) is 48.8 Å². The van der Waals surface area contributed by atoms with E-state index < -0.39 is 23.2 Å². The van der Waals surface area contributed by atoms with Crippen molar-refractivity contribution in [3.05, 3.63) is 45.0 Å². The molecule has 0 aliphatic heterocycles. The average Bonchev–Trinajstić information content (AvgIpc) is 3.41. The van der Waals surface area contributed by atoms with Gasteiger partial charge in [0, 0.05) is 16.6 Å². The number of imidazole rings is 2. The van der Waals surface area contributed by atoms with Crippen molar-refractivity contribution >= 4 is 46.6 Å². The van der Waals surface area contributed by atoms with Crippen molar-refractivity contribution in [3.63, 3.8) is 0 Å². The van der Waals surface area contributed by atoms with Crippen LogP contribution in [0.5, 0.6) is 0 Å². The van der Waals surface area contributed by atoms with Gasteiger partial charge in [-0.15, -0.1) is 33.7 Å². The number of aromatic nitrogens is 10. The number of hydrogen-bond acceptors (Lipinski definition) is 12. The van der Waals surface area contributed by atoms with Gasteiger partial charge in [-0.25, -0.2) is 28.4 Å². The number of rotatable bonds is 10. The third-order valence-electron chi connectivity index (χ3n) is 4.36. The van der Waals surface area contributed by atoms with Crippen LogP contribution in [0.4, 0.5) is 0 Å². The lowest BCUT2D eigenvalue weighted by Gasteiger charge is -2.05. The summed E-state index contributed by atoms with van der Waals surface area (Å²) in [6.45, 7) is 0.614. The predicted molar refractivity (Wildman–Crippen MR) is 117 cm³/mol. The Morgan fingerprint density at radius 3 is 1.61 bits per heavy atom. The van der Waals surface area contributed by atoms with E-state index in [-0.39, 0.29) is 22.7 Å². The molecule has 4 heterocycles. The van der Waals surface area contributed by atoms with Crippen molar-refractivity contribution in [2.75, 3.05) is 16.6 Å². The van der Waals surface area contributed by atoms with E-state index >= 15 is 0 Å². The molecule has 0 saturated heterocycles. The Kier molecular flexibility index (Phi) is 6.36. The number of carbonyl (C=O) groups excluding carboxylic acids is 2. The summed E-state index contributed by atoms with van der Waals surface area (Å²) in [7, 11) is 0. The Hall–Kier alpha value is -3.80. The summed E-state index contributed by atoms with van der Waals surface area (Å²) in [5.74, 6) is -0.405. The highest BCUT2D eigenvalue weighted by Crippen LogP contribution is 2.12. The minimum Gasteiger partial charge on any atom is -0.364 e. The van der Waals surface area contributed by atoms with E-state index in [1.807, 2.05) is 0 Å². The van der Waals surface area contributed by atoms with Gasteiger partial charge in [0.1, 0.15) is 12.7 Å². The zero-order chi connectivity index (χ0) is 23.5. The summed E-state index contributed by atoms with van der Waals surface area (Å²) in [6, 6.07) is 0. The van der Waals surface area contributed by atoms with Crippen molar-refractivity contribution < 1.29 is 9.59 Å². The van der Waals surface area contributed by atoms with Gasteiger partial charge in [0.2, 0.25) is 0 Å². The molecule has 0 bridgehead atoms. The third kappa shape index (κ3) is 4.42. The number of aryl methyl sites for hydroxylation is 2. The fourth-order valence-electron chi connectivity index (χ4n) is 2.78. The van der Waals surface area contributed by atoms with E-state index in [4.69, 9.17) is 11.5 Å². The van der Waals surface area contributed by atoms with Crippen LogP contribution < -0.4 is 22.8 Å². The topological polar surface area (TPSA) is 216 Å². The maximum absolute atomic E-state index is 12.4. The second-order valence-electron chi connectivity index (χ2n) is 6.43. The number of fused-ring (bicyclic) bond motifs is 2. The number of nitrogens with zero attached hydrogens (tertiary/aromatic N) is 10. The first-order valence-corrected chi connectivity index (χ1v) is 11.6. The number of thioether (sulfide) groups is 2. The van der Waals surface area contributed by atoms with E-state index in [1.165, 1.54) is 22.0 Å². The first-order chi connectivity index (χ1) is 15.9. The summed E-state index contributed by atoms with van der Waals surface area (Å²) >= 11 is 3.13. The highest BCUT2D eigenvalue weighted by atomic mass is 32.2. The minimum atomic E-state index is -0.787. The van der Waals surface area contributed by atoms with Crippen LogP contribution in [0.3, 0.4) is 0 Å². The van der Waals surface area contributed by atoms with Crippen molar-refractivity contribution in [2.45, 2.75) is 13.1 Å². The first kappa shape index (κ1) is 22.4. The third-order valence-corrected chi connectivity index (χ3v) is 6.64. The van der Waals surface area contributed by atoms with Gasteiger partial charge in [0.15, 0.2) is 22.7 Å². The van der Waals surface area contributed by atoms with Crippen LogP contribution in [0, 0.1) is 0 Å². The van der Waals surface area contributed by atoms with Crippen LogP contribution in [-0.2, 0) is 13.1 Å². The standard InChI is InChI=1S/C15H16N12O4S2/c16-10(28)8-12-20-22-26(14(30)24(12)5-18-8)1-3-32-7-33-4-2-27-15(31)25-6-19-9(11(17)29)13(25)21-23-27/h5-6H,1-4,7H2,(H2,16,28)(H2,17,29). The molecule has 4 rings (SSSR count). The normalized spacial score (nSPS) is 11.4. The zero-order valence-electron chi connectivity index (χ0n) is 16.8. The molecule has 33 heavy (non-hydrogen) atoms. The second kappa shape index (κ2) is 9.36. The van der Waals surface area contributed by atoms with Crippen LogP contribution in [-0.4, -0.2) is 77.2 Å². The molecule has 0 fully saturated rings. The monoisotopic (exact) mass is 492 g/mol. The smallest absolute Gasteiger partial charge is 0.352 e. The molecule has 0 atom stereocenters. The lowest BCUT2D eigenvalue weighted by molar-refractivity contribution is 0.0989. The van der Waals surface area contributed by atoms with Crippen molar-refractivity contribution in [2.24, 2.45) is 11.5 Å². The van der Waals surface area contributed by atoms with E-state index in [0.29, 0.717) is 29.7 Å². The highest BCUT2D eigenvalue weighted by molar-refractivity contribution is 8.15. The Balaban J connectivity index is 1.25. The van der Waals surface area contributed by atoms with Gasteiger partial charge in [-0.2, -0.15) is 9.36 Å². The molecule has 0 aliphatic rings.